The molecule has 1 saturated heterocycles. The second-order valence-electron chi connectivity index (χ2n) is 5.22. The highest BCUT2D eigenvalue weighted by molar-refractivity contribution is 6.00. The van der Waals surface area contributed by atoms with Gasteiger partial charge in [-0.1, -0.05) is 6.07 Å². The zero-order valence-corrected chi connectivity index (χ0v) is 11.8. The van der Waals surface area contributed by atoms with Crippen molar-refractivity contribution in [2.75, 3.05) is 19.0 Å². The minimum absolute atomic E-state index is 0.211. The van der Waals surface area contributed by atoms with Gasteiger partial charge in [0.25, 0.3) is 0 Å². The van der Waals surface area contributed by atoms with Crippen molar-refractivity contribution >= 4 is 28.6 Å². The number of fused-ring (bicyclic) bond motifs is 1. The highest BCUT2D eigenvalue weighted by atomic mass is 16.4. The van der Waals surface area contributed by atoms with Crippen LogP contribution in [0, 0.1) is 0 Å². The number of rotatable bonds is 2. The van der Waals surface area contributed by atoms with Gasteiger partial charge in [0.1, 0.15) is 6.04 Å². The van der Waals surface area contributed by atoms with Crippen LogP contribution < -0.4 is 16.0 Å². The van der Waals surface area contributed by atoms with E-state index < -0.39 is 17.7 Å². The molecular formula is C14H15N3O4. The Bertz CT molecular complexity index is 787. The van der Waals surface area contributed by atoms with Crippen LogP contribution in [-0.4, -0.2) is 30.5 Å². The quantitative estimate of drug-likeness (QED) is 0.820. The van der Waals surface area contributed by atoms with Gasteiger partial charge in [-0.05, 0) is 18.6 Å². The number of piperidine rings is 1. The molecule has 0 spiro atoms. The third-order valence-corrected chi connectivity index (χ3v) is 3.62. The van der Waals surface area contributed by atoms with Crippen molar-refractivity contribution in [2.24, 2.45) is 0 Å². The first-order valence-electron chi connectivity index (χ1n) is 6.64. The lowest BCUT2D eigenvalue weighted by Crippen LogP contribution is -2.43. The topological polar surface area (TPSA) is 84.6 Å². The summed E-state index contributed by atoms with van der Waals surface area (Å²) in [7, 11) is 3.69. The summed E-state index contributed by atoms with van der Waals surface area (Å²) in [6.45, 7) is 0. The third kappa shape index (κ3) is 2.10. The number of amides is 2. The van der Waals surface area contributed by atoms with E-state index in [1.54, 1.807) is 12.1 Å². The molecule has 1 aliphatic heterocycles. The summed E-state index contributed by atoms with van der Waals surface area (Å²) in [6, 6.07) is 4.65. The molecular weight excluding hydrogens is 274 g/mol. The zero-order chi connectivity index (χ0) is 15.1. The minimum atomic E-state index is -0.714. The second-order valence-corrected chi connectivity index (χ2v) is 5.22. The van der Waals surface area contributed by atoms with Crippen LogP contribution >= 0.6 is 0 Å². The van der Waals surface area contributed by atoms with Gasteiger partial charge in [-0.2, -0.15) is 0 Å². The Morgan fingerprint density at radius 1 is 1.29 bits per heavy atom. The number of nitrogens with one attached hydrogen (secondary N) is 1. The van der Waals surface area contributed by atoms with Crippen molar-refractivity contribution in [3.63, 3.8) is 0 Å². The molecule has 0 saturated carbocycles. The lowest BCUT2D eigenvalue weighted by Gasteiger charge is -2.21. The van der Waals surface area contributed by atoms with Crippen molar-refractivity contribution < 1.29 is 14.0 Å². The van der Waals surface area contributed by atoms with Crippen molar-refractivity contribution in [1.82, 2.24) is 9.88 Å². The fourth-order valence-corrected chi connectivity index (χ4v) is 2.62. The van der Waals surface area contributed by atoms with Gasteiger partial charge in [0.15, 0.2) is 5.58 Å². The Balaban J connectivity index is 2.18. The Morgan fingerprint density at radius 2 is 2.05 bits per heavy atom. The molecule has 1 atom stereocenters. The van der Waals surface area contributed by atoms with Crippen LogP contribution in [0.1, 0.15) is 18.9 Å². The molecule has 21 heavy (non-hydrogen) atoms. The lowest BCUT2D eigenvalue weighted by atomic mass is 10.1. The number of hydrogen-bond acceptors (Lipinski definition) is 5. The maximum atomic E-state index is 12.2. The monoisotopic (exact) mass is 289 g/mol. The minimum Gasteiger partial charge on any atom is -0.405 e. The molecule has 3 rings (SSSR count). The summed E-state index contributed by atoms with van der Waals surface area (Å²) in [4.78, 5) is 37.2. The molecule has 110 valence electrons. The van der Waals surface area contributed by atoms with Crippen LogP contribution in [0.4, 0.5) is 5.69 Å². The number of nitrogens with zero attached hydrogens (tertiary/aromatic N) is 2. The van der Waals surface area contributed by atoms with Crippen molar-refractivity contribution in [3.8, 4) is 0 Å². The predicted molar refractivity (Wildman–Crippen MR) is 76.2 cm³/mol. The van der Waals surface area contributed by atoms with Crippen LogP contribution in [0.15, 0.2) is 27.4 Å². The van der Waals surface area contributed by atoms with Gasteiger partial charge in [0.05, 0.1) is 11.2 Å². The summed E-state index contributed by atoms with van der Waals surface area (Å²) in [5.41, 5.74) is 1.76. The summed E-state index contributed by atoms with van der Waals surface area (Å²) in [6.07, 6.45) is 0.508. The van der Waals surface area contributed by atoms with Crippen LogP contribution in [0.25, 0.3) is 11.1 Å². The van der Waals surface area contributed by atoms with Gasteiger partial charge >= 0.3 is 5.76 Å². The number of imide groups is 1. The number of carbonyl (C=O) groups is 2. The van der Waals surface area contributed by atoms with E-state index in [4.69, 9.17) is 4.42 Å². The highest BCUT2D eigenvalue weighted by Gasteiger charge is 2.31. The van der Waals surface area contributed by atoms with Gasteiger partial charge in [-0.3, -0.25) is 19.5 Å². The van der Waals surface area contributed by atoms with Gasteiger partial charge < -0.3 is 9.32 Å². The molecule has 7 nitrogen and oxygen atoms in total. The molecule has 1 aliphatic rings. The number of oxazole rings is 1. The van der Waals surface area contributed by atoms with Gasteiger partial charge in [0.2, 0.25) is 11.8 Å². The Kier molecular flexibility index (Phi) is 3.04. The molecule has 1 aromatic heterocycles. The van der Waals surface area contributed by atoms with Crippen LogP contribution in [0.2, 0.25) is 0 Å². The summed E-state index contributed by atoms with van der Waals surface area (Å²) >= 11 is 0. The second kappa shape index (κ2) is 4.76. The number of para-hydroxylation sites is 1. The van der Waals surface area contributed by atoms with Gasteiger partial charge in [0, 0.05) is 20.5 Å². The first-order chi connectivity index (χ1) is 9.99. The number of hydrogen-bond donors (Lipinski definition) is 1. The molecule has 2 aromatic rings. The molecule has 1 unspecified atom stereocenters. The van der Waals surface area contributed by atoms with E-state index in [9.17, 15) is 14.4 Å². The fourth-order valence-electron chi connectivity index (χ4n) is 2.62. The van der Waals surface area contributed by atoms with Crippen LogP contribution in [0.5, 0.6) is 0 Å². The summed E-state index contributed by atoms with van der Waals surface area (Å²) < 4.78 is 6.64. The van der Waals surface area contributed by atoms with E-state index in [-0.39, 0.29) is 12.3 Å². The normalized spacial score (nSPS) is 18.9. The summed E-state index contributed by atoms with van der Waals surface area (Å²) in [5, 5.41) is 2.26. The maximum absolute atomic E-state index is 12.2. The lowest BCUT2D eigenvalue weighted by molar-refractivity contribution is -0.135. The van der Waals surface area contributed by atoms with E-state index in [1.165, 1.54) is 4.57 Å². The standard InChI is InChI=1S/C14H15N3O4/c1-16(2)8-4-3-5-9-12(8)21-14(20)17(9)10-6-7-11(18)15-13(10)19/h3-5,10H,6-7H2,1-2H3,(H,15,18,19). The first kappa shape index (κ1) is 13.4. The third-order valence-electron chi connectivity index (χ3n) is 3.62. The Labute approximate surface area is 120 Å². The zero-order valence-electron chi connectivity index (χ0n) is 11.8. The number of aromatic nitrogens is 1. The molecule has 1 N–H and O–H groups in total. The average Bonchev–Trinajstić information content (AvgIpc) is 2.74. The van der Waals surface area contributed by atoms with Crippen molar-refractivity contribution in [2.45, 2.75) is 18.9 Å². The smallest absolute Gasteiger partial charge is 0.405 e. The SMILES string of the molecule is CN(C)c1cccc2c1oc(=O)n2C1CCC(=O)NC1=O. The molecule has 2 heterocycles. The highest BCUT2D eigenvalue weighted by Crippen LogP contribution is 2.28. The number of carbonyl (C=O) groups excluding carboxylic acids is 2. The van der Waals surface area contributed by atoms with Gasteiger partial charge in [-0.25, -0.2) is 4.79 Å². The van der Waals surface area contributed by atoms with E-state index in [2.05, 4.69) is 5.32 Å². The van der Waals surface area contributed by atoms with E-state index in [0.29, 0.717) is 17.5 Å². The number of benzene rings is 1. The molecule has 2 amide bonds. The van der Waals surface area contributed by atoms with Crippen LogP contribution in [0.3, 0.4) is 0 Å². The number of anilines is 1. The van der Waals surface area contributed by atoms with Gasteiger partial charge in [-0.15, -0.1) is 0 Å². The molecule has 0 radical (unpaired) electrons. The fraction of sp³-hybridized carbons (Fsp3) is 0.357. The molecule has 0 bridgehead atoms. The molecule has 0 aliphatic carbocycles. The van der Waals surface area contributed by atoms with Crippen molar-refractivity contribution in [3.05, 3.63) is 28.7 Å². The van der Waals surface area contributed by atoms with E-state index in [0.717, 1.165) is 5.69 Å². The average molecular weight is 289 g/mol. The molecule has 1 aromatic carbocycles. The Morgan fingerprint density at radius 3 is 2.71 bits per heavy atom. The van der Waals surface area contributed by atoms with E-state index in [1.807, 2.05) is 25.1 Å². The molecule has 7 heteroatoms. The van der Waals surface area contributed by atoms with Crippen molar-refractivity contribution in [1.29, 1.82) is 0 Å². The first-order valence-corrected chi connectivity index (χ1v) is 6.64. The largest absolute Gasteiger partial charge is 0.420 e. The maximum Gasteiger partial charge on any atom is 0.420 e. The molecule has 1 fully saturated rings. The summed E-state index contributed by atoms with van der Waals surface area (Å²) in [5.74, 6) is -1.37. The van der Waals surface area contributed by atoms with Crippen LogP contribution in [-0.2, 0) is 9.59 Å². The predicted octanol–water partition coefficient (Wildman–Crippen LogP) is 0.638. The van der Waals surface area contributed by atoms with E-state index >= 15 is 0 Å². The Hall–Kier alpha value is -2.57.